The molecule has 0 heterocycles. The Morgan fingerprint density at radius 1 is 0.842 bits per heavy atom. The second-order valence-electron chi connectivity index (χ2n) is 3.89. The van der Waals surface area contributed by atoms with Crippen LogP contribution in [0.5, 0.6) is 0 Å². The number of diazo groups is 2. The molecule has 2 aromatic rings. The standard InChI is InChI=1S/C13H10N6/c1-9-8-12(17-15)6-7-13(9)19-18-11-4-2-10(16-14)3-5-11/h2-8H,1H3/q+2. The minimum Gasteiger partial charge on any atom is -0.151 e. The predicted octanol–water partition coefficient (Wildman–Crippen LogP) is 5.38. The van der Waals surface area contributed by atoms with Crippen molar-refractivity contribution in [3.8, 4) is 0 Å². The smallest absolute Gasteiger partial charge is 0.151 e. The monoisotopic (exact) mass is 250 g/mol. The van der Waals surface area contributed by atoms with Crippen molar-refractivity contribution in [3.63, 3.8) is 0 Å². The van der Waals surface area contributed by atoms with E-state index in [2.05, 4.69) is 20.2 Å². The van der Waals surface area contributed by atoms with Crippen LogP contribution in [-0.2, 0) is 0 Å². The molecule has 2 aromatic carbocycles. The zero-order chi connectivity index (χ0) is 13.7. The molecule has 0 spiro atoms. The molecule has 0 radical (unpaired) electrons. The lowest BCUT2D eigenvalue weighted by Crippen LogP contribution is -1.72. The van der Waals surface area contributed by atoms with Gasteiger partial charge in [0.05, 0.1) is 11.4 Å². The molecule has 0 unspecified atom stereocenters. The topological polar surface area (TPSA) is 81.0 Å². The van der Waals surface area contributed by atoms with Crippen molar-refractivity contribution >= 4 is 22.7 Å². The molecule has 0 bridgehead atoms. The summed E-state index contributed by atoms with van der Waals surface area (Å²) < 4.78 is 0. The summed E-state index contributed by atoms with van der Waals surface area (Å²) in [6, 6.07) is 11.8. The molecule has 0 atom stereocenters. The van der Waals surface area contributed by atoms with Gasteiger partial charge < -0.3 is 0 Å². The van der Waals surface area contributed by atoms with Crippen LogP contribution in [0.15, 0.2) is 52.7 Å². The second kappa shape index (κ2) is 5.48. The first-order valence-corrected chi connectivity index (χ1v) is 5.55. The lowest BCUT2D eigenvalue weighted by Gasteiger charge is -1.95. The van der Waals surface area contributed by atoms with Gasteiger partial charge in [0.1, 0.15) is 0 Å². The van der Waals surface area contributed by atoms with E-state index in [0.29, 0.717) is 22.7 Å². The molecule has 6 nitrogen and oxygen atoms in total. The first-order valence-electron chi connectivity index (χ1n) is 5.55. The fraction of sp³-hybridized carbons (Fsp3) is 0.0769. The molecule has 0 aliphatic rings. The molecule has 90 valence electrons. The number of hydrogen-bond donors (Lipinski definition) is 0. The first kappa shape index (κ1) is 12.3. The van der Waals surface area contributed by atoms with E-state index < -0.39 is 0 Å². The van der Waals surface area contributed by atoms with Crippen molar-refractivity contribution < 1.29 is 0 Å². The molecule has 0 saturated carbocycles. The average molecular weight is 250 g/mol. The highest BCUT2D eigenvalue weighted by Gasteiger charge is 2.07. The average Bonchev–Trinajstić information content (AvgIpc) is 2.46. The molecule has 6 heteroatoms. The Balaban J connectivity index is 2.23. The van der Waals surface area contributed by atoms with Crippen LogP contribution in [0.1, 0.15) is 5.56 Å². The number of hydrogen-bond acceptors (Lipinski definition) is 4. The quantitative estimate of drug-likeness (QED) is 0.529. The molecular weight excluding hydrogens is 240 g/mol. The zero-order valence-electron chi connectivity index (χ0n) is 10.2. The summed E-state index contributed by atoms with van der Waals surface area (Å²) in [7, 11) is 0. The molecular formula is C13H10N6+2. The van der Waals surface area contributed by atoms with E-state index in [-0.39, 0.29) is 0 Å². The second-order valence-corrected chi connectivity index (χ2v) is 3.89. The number of nitrogens with zero attached hydrogens (tertiary/aromatic N) is 6. The predicted molar refractivity (Wildman–Crippen MR) is 71.3 cm³/mol. The summed E-state index contributed by atoms with van der Waals surface area (Å²) in [5.41, 5.74) is 3.15. The molecule has 0 fully saturated rings. The number of benzene rings is 2. The number of azo groups is 1. The molecule has 0 aliphatic carbocycles. The van der Waals surface area contributed by atoms with Crippen LogP contribution in [0.25, 0.3) is 9.95 Å². The zero-order valence-corrected chi connectivity index (χ0v) is 10.2. The normalized spacial score (nSPS) is 10.1. The Hall–Kier alpha value is -3.12. The molecule has 0 N–H and O–H groups in total. The number of aryl methyl sites for hydroxylation is 1. The molecule has 2 rings (SSSR count). The Bertz CT molecular complexity index is 703. The first-order chi connectivity index (χ1) is 9.22. The Morgan fingerprint density at radius 3 is 2.05 bits per heavy atom. The number of rotatable bonds is 2. The molecule has 0 amide bonds. The van der Waals surface area contributed by atoms with Crippen LogP contribution in [0.3, 0.4) is 0 Å². The van der Waals surface area contributed by atoms with Crippen molar-refractivity contribution in [1.82, 2.24) is 0 Å². The maximum atomic E-state index is 8.65. The van der Waals surface area contributed by atoms with Gasteiger partial charge in [-0.2, -0.15) is 10.2 Å². The van der Waals surface area contributed by atoms with Gasteiger partial charge in [-0.05, 0) is 30.7 Å². The SMILES string of the molecule is Cc1cc([N+]#N)ccc1N=Nc1ccc([N+]#N)cc1. The highest BCUT2D eigenvalue weighted by Crippen LogP contribution is 2.26. The Kier molecular flexibility index (Phi) is 3.56. The van der Waals surface area contributed by atoms with Crippen molar-refractivity contribution in [2.24, 2.45) is 10.2 Å². The maximum absolute atomic E-state index is 8.65. The van der Waals surface area contributed by atoms with E-state index in [9.17, 15) is 0 Å². The van der Waals surface area contributed by atoms with Crippen molar-refractivity contribution in [1.29, 1.82) is 10.8 Å². The summed E-state index contributed by atoms with van der Waals surface area (Å²) in [4.78, 5) is 6.16. The summed E-state index contributed by atoms with van der Waals surface area (Å²) in [6.45, 7) is 1.86. The van der Waals surface area contributed by atoms with Gasteiger partial charge in [0.15, 0.2) is 9.95 Å². The van der Waals surface area contributed by atoms with Crippen LogP contribution in [0, 0.1) is 17.7 Å². The summed E-state index contributed by atoms with van der Waals surface area (Å²) >= 11 is 0. The van der Waals surface area contributed by atoms with Crippen LogP contribution < -0.4 is 0 Å². The van der Waals surface area contributed by atoms with Crippen LogP contribution in [0.2, 0.25) is 0 Å². The summed E-state index contributed by atoms with van der Waals surface area (Å²) in [5.74, 6) is 0. The van der Waals surface area contributed by atoms with Gasteiger partial charge in [0, 0.05) is 24.3 Å². The van der Waals surface area contributed by atoms with Crippen molar-refractivity contribution in [2.75, 3.05) is 0 Å². The third-order valence-corrected chi connectivity index (χ3v) is 2.53. The molecule has 19 heavy (non-hydrogen) atoms. The van der Waals surface area contributed by atoms with E-state index in [4.69, 9.17) is 10.8 Å². The van der Waals surface area contributed by atoms with Gasteiger partial charge in [-0.15, -0.1) is 0 Å². The van der Waals surface area contributed by atoms with Crippen LogP contribution >= 0.6 is 0 Å². The highest BCUT2D eigenvalue weighted by atomic mass is 15.1. The van der Waals surface area contributed by atoms with Gasteiger partial charge in [-0.25, -0.2) is 0 Å². The maximum Gasteiger partial charge on any atom is 0.385 e. The molecule has 0 saturated heterocycles. The lowest BCUT2D eigenvalue weighted by molar-refractivity contribution is 1.21. The van der Waals surface area contributed by atoms with E-state index in [1.165, 1.54) is 0 Å². The van der Waals surface area contributed by atoms with E-state index in [0.717, 1.165) is 5.56 Å². The Labute approximate surface area is 109 Å². The van der Waals surface area contributed by atoms with E-state index in [1.807, 2.05) is 6.92 Å². The summed E-state index contributed by atoms with van der Waals surface area (Å²) in [5, 5.41) is 25.4. The van der Waals surface area contributed by atoms with Crippen LogP contribution in [0.4, 0.5) is 22.7 Å². The van der Waals surface area contributed by atoms with Gasteiger partial charge in [0.2, 0.25) is 10.8 Å². The van der Waals surface area contributed by atoms with E-state index in [1.54, 1.807) is 42.5 Å². The summed E-state index contributed by atoms with van der Waals surface area (Å²) in [6.07, 6.45) is 0. The fourth-order valence-electron chi connectivity index (χ4n) is 1.51. The molecule has 0 aliphatic heterocycles. The van der Waals surface area contributed by atoms with Crippen molar-refractivity contribution in [3.05, 3.63) is 58.0 Å². The lowest BCUT2D eigenvalue weighted by atomic mass is 10.2. The minimum absolute atomic E-state index is 0.462. The van der Waals surface area contributed by atoms with Gasteiger partial charge in [-0.1, -0.05) is 0 Å². The highest BCUT2D eigenvalue weighted by molar-refractivity contribution is 5.57. The Morgan fingerprint density at radius 2 is 1.47 bits per heavy atom. The largest absolute Gasteiger partial charge is 0.385 e. The third-order valence-electron chi connectivity index (χ3n) is 2.53. The van der Waals surface area contributed by atoms with Crippen molar-refractivity contribution in [2.45, 2.75) is 6.92 Å². The van der Waals surface area contributed by atoms with E-state index >= 15 is 0 Å². The van der Waals surface area contributed by atoms with Gasteiger partial charge in [0.25, 0.3) is 0 Å². The van der Waals surface area contributed by atoms with Gasteiger partial charge in [-0.3, -0.25) is 0 Å². The fourth-order valence-corrected chi connectivity index (χ4v) is 1.51. The van der Waals surface area contributed by atoms with Crippen LogP contribution in [-0.4, -0.2) is 0 Å². The third kappa shape index (κ3) is 2.96. The molecule has 0 aromatic heterocycles. The minimum atomic E-state index is 0.462. The van der Waals surface area contributed by atoms with Gasteiger partial charge >= 0.3 is 11.4 Å².